The van der Waals surface area contributed by atoms with Crippen LogP contribution in [0.15, 0.2) is 70.0 Å². The maximum Gasteiger partial charge on any atom is 0.242 e. The molecule has 0 bridgehead atoms. The lowest BCUT2D eigenvalue weighted by Gasteiger charge is -2.13. The number of rotatable bonds is 4. The minimum atomic E-state index is -0.277. The molecule has 4 aromatic rings. The molecule has 1 N–H and O–H groups in total. The molecule has 0 radical (unpaired) electrons. The van der Waals surface area contributed by atoms with Crippen LogP contribution in [0, 0.1) is 0 Å². The van der Waals surface area contributed by atoms with Crippen molar-refractivity contribution in [1.82, 2.24) is 15.1 Å². The number of nitrogens with zero attached hydrogens (tertiary/aromatic N) is 2. The smallest absolute Gasteiger partial charge is 0.242 e. The van der Waals surface area contributed by atoms with Gasteiger partial charge in [0, 0.05) is 10.8 Å². The van der Waals surface area contributed by atoms with Gasteiger partial charge in [-0.25, -0.2) is 0 Å². The number of nitrogens with one attached hydrogen (secondary N) is 1. The number of aromatic nitrogens is 2. The Morgan fingerprint density at radius 1 is 1.19 bits per heavy atom. The maximum atomic E-state index is 12.4. The second kappa shape index (κ2) is 6.48. The van der Waals surface area contributed by atoms with Crippen LogP contribution in [0.5, 0.6) is 0 Å². The van der Waals surface area contributed by atoms with Crippen molar-refractivity contribution in [2.24, 2.45) is 0 Å². The topological polar surface area (TPSA) is 77.1 Å². The third kappa shape index (κ3) is 2.97. The molecule has 2 heterocycles. The highest BCUT2D eigenvalue weighted by Gasteiger charge is 2.15. The number of amides is 1. The molecule has 0 saturated carbocycles. The number of benzene rings is 2. The Balaban J connectivity index is 1.54. The summed E-state index contributed by atoms with van der Waals surface area (Å²) in [6, 6.07) is 16.5. The fourth-order valence-electron chi connectivity index (χ4n) is 3.00. The van der Waals surface area contributed by atoms with Gasteiger partial charge in [-0.1, -0.05) is 30.3 Å². The Labute approximate surface area is 149 Å². The van der Waals surface area contributed by atoms with E-state index in [9.17, 15) is 9.59 Å². The summed E-state index contributed by atoms with van der Waals surface area (Å²) in [6.07, 6.45) is 1.23. The maximum absolute atomic E-state index is 12.4. The molecule has 1 amide bonds. The molecule has 6 nitrogen and oxygen atoms in total. The molecule has 0 unspecified atom stereocenters. The average Bonchev–Trinajstić information content (AvgIpc) is 3.09. The first kappa shape index (κ1) is 16.1. The molecule has 6 heteroatoms. The molecule has 2 aromatic heterocycles. The van der Waals surface area contributed by atoms with E-state index in [1.807, 2.05) is 43.3 Å². The van der Waals surface area contributed by atoms with Crippen molar-refractivity contribution in [3.05, 3.63) is 76.8 Å². The van der Waals surface area contributed by atoms with E-state index >= 15 is 0 Å². The summed E-state index contributed by atoms with van der Waals surface area (Å²) in [6.45, 7) is 1.89. The van der Waals surface area contributed by atoms with E-state index < -0.39 is 0 Å². The normalized spacial score (nSPS) is 12.3. The van der Waals surface area contributed by atoms with Gasteiger partial charge in [-0.3, -0.25) is 14.3 Å². The van der Waals surface area contributed by atoms with Crippen LogP contribution in [0.1, 0.15) is 18.7 Å². The quantitative estimate of drug-likeness (QED) is 0.616. The van der Waals surface area contributed by atoms with Gasteiger partial charge >= 0.3 is 0 Å². The Hall–Kier alpha value is -3.41. The number of furan rings is 1. The predicted molar refractivity (Wildman–Crippen MR) is 98.8 cm³/mol. The molecule has 0 aliphatic carbocycles. The zero-order valence-corrected chi connectivity index (χ0v) is 14.2. The predicted octanol–water partition coefficient (Wildman–Crippen LogP) is 3.02. The van der Waals surface area contributed by atoms with Crippen LogP contribution < -0.4 is 10.7 Å². The molecule has 0 spiro atoms. The van der Waals surface area contributed by atoms with E-state index in [-0.39, 0.29) is 23.9 Å². The summed E-state index contributed by atoms with van der Waals surface area (Å²) < 4.78 is 7.31. The zero-order valence-electron chi connectivity index (χ0n) is 14.2. The summed E-state index contributed by atoms with van der Waals surface area (Å²) in [5.74, 6) is 0.483. The van der Waals surface area contributed by atoms with Crippen LogP contribution in [0.25, 0.3) is 21.9 Å². The summed E-state index contributed by atoms with van der Waals surface area (Å²) in [5, 5.41) is 8.53. The molecular weight excluding hydrogens is 330 g/mol. The van der Waals surface area contributed by atoms with Crippen LogP contribution in [0.3, 0.4) is 0 Å². The molecular formula is C20H17N3O3. The van der Waals surface area contributed by atoms with Gasteiger partial charge in [0.1, 0.15) is 17.9 Å². The van der Waals surface area contributed by atoms with Crippen LogP contribution >= 0.6 is 0 Å². The van der Waals surface area contributed by atoms with Gasteiger partial charge in [0.25, 0.3) is 0 Å². The first-order valence-corrected chi connectivity index (χ1v) is 8.34. The molecule has 0 fully saturated rings. The van der Waals surface area contributed by atoms with Crippen molar-refractivity contribution in [3.8, 4) is 0 Å². The molecule has 0 aliphatic heterocycles. The number of fused-ring (bicyclic) bond motifs is 2. The summed E-state index contributed by atoms with van der Waals surface area (Å²) in [7, 11) is 0. The number of hydrogen-bond donors (Lipinski definition) is 1. The van der Waals surface area contributed by atoms with Crippen LogP contribution in [0.4, 0.5) is 0 Å². The van der Waals surface area contributed by atoms with Crippen molar-refractivity contribution in [2.45, 2.75) is 19.5 Å². The number of carbonyl (C=O) groups excluding carboxylic acids is 1. The lowest BCUT2D eigenvalue weighted by atomic mass is 10.2. The Kier molecular flexibility index (Phi) is 4.01. The molecule has 4 rings (SSSR count). The van der Waals surface area contributed by atoms with Gasteiger partial charge in [-0.15, -0.1) is 0 Å². The van der Waals surface area contributed by atoms with Gasteiger partial charge in [-0.2, -0.15) is 5.10 Å². The Morgan fingerprint density at radius 2 is 1.96 bits per heavy atom. The highest BCUT2D eigenvalue weighted by Crippen LogP contribution is 2.23. The monoisotopic (exact) mass is 347 g/mol. The zero-order chi connectivity index (χ0) is 18.1. The Morgan fingerprint density at radius 3 is 2.81 bits per heavy atom. The van der Waals surface area contributed by atoms with Crippen molar-refractivity contribution in [1.29, 1.82) is 0 Å². The van der Waals surface area contributed by atoms with Crippen molar-refractivity contribution in [3.63, 3.8) is 0 Å². The lowest BCUT2D eigenvalue weighted by molar-refractivity contribution is -0.122. The van der Waals surface area contributed by atoms with Crippen molar-refractivity contribution in [2.75, 3.05) is 0 Å². The molecule has 1 atom stereocenters. The molecule has 130 valence electrons. The number of hydrogen-bond acceptors (Lipinski definition) is 4. The standard InChI is InChI=1S/C20H17N3O3/c1-13(19-10-14-6-2-5-9-18(14)26-19)22-20(25)12-23-16-8-4-3-7-15(16)17(24)11-21-23/h2-11,13H,12H2,1H3,(H,22,25)/t13-/m0/s1. The molecule has 0 saturated heterocycles. The second-order valence-electron chi connectivity index (χ2n) is 6.16. The molecule has 2 aromatic carbocycles. The fraction of sp³-hybridized carbons (Fsp3) is 0.150. The van der Waals surface area contributed by atoms with Crippen LogP contribution in [0.2, 0.25) is 0 Å². The van der Waals surface area contributed by atoms with Crippen LogP contribution in [-0.4, -0.2) is 15.7 Å². The summed E-state index contributed by atoms with van der Waals surface area (Å²) in [5.41, 5.74) is 1.26. The van der Waals surface area contributed by atoms with E-state index in [1.165, 1.54) is 10.9 Å². The van der Waals surface area contributed by atoms with E-state index in [1.54, 1.807) is 18.2 Å². The highest BCUT2D eigenvalue weighted by atomic mass is 16.3. The third-order valence-corrected chi connectivity index (χ3v) is 4.30. The Bertz CT molecular complexity index is 1130. The number of para-hydroxylation sites is 2. The van der Waals surface area contributed by atoms with E-state index in [0.29, 0.717) is 16.7 Å². The van der Waals surface area contributed by atoms with Crippen molar-refractivity contribution < 1.29 is 9.21 Å². The minimum absolute atomic E-state index is 0.0192. The SMILES string of the molecule is C[C@H](NC(=O)Cn1ncc(=O)c2ccccc21)c1cc2ccccc2o1. The van der Waals surface area contributed by atoms with Gasteiger partial charge in [-0.05, 0) is 31.2 Å². The third-order valence-electron chi connectivity index (χ3n) is 4.30. The largest absolute Gasteiger partial charge is 0.459 e. The molecule has 0 aliphatic rings. The summed E-state index contributed by atoms with van der Waals surface area (Å²) >= 11 is 0. The highest BCUT2D eigenvalue weighted by molar-refractivity contribution is 5.82. The first-order valence-electron chi connectivity index (χ1n) is 8.34. The van der Waals surface area contributed by atoms with Crippen molar-refractivity contribution >= 4 is 27.8 Å². The first-order chi connectivity index (χ1) is 12.6. The van der Waals surface area contributed by atoms with E-state index in [4.69, 9.17) is 4.42 Å². The average molecular weight is 347 g/mol. The van der Waals surface area contributed by atoms with E-state index in [2.05, 4.69) is 10.4 Å². The summed E-state index contributed by atoms with van der Waals surface area (Å²) in [4.78, 5) is 24.3. The van der Waals surface area contributed by atoms with Gasteiger partial charge in [0.15, 0.2) is 0 Å². The minimum Gasteiger partial charge on any atom is -0.459 e. The second-order valence-corrected chi connectivity index (χ2v) is 6.16. The van der Waals surface area contributed by atoms with Gasteiger partial charge < -0.3 is 9.73 Å². The van der Waals surface area contributed by atoms with Gasteiger partial charge in [0.2, 0.25) is 11.3 Å². The fourth-order valence-corrected chi connectivity index (χ4v) is 3.00. The number of carbonyl (C=O) groups is 1. The lowest BCUT2D eigenvalue weighted by Crippen LogP contribution is -2.31. The molecule has 26 heavy (non-hydrogen) atoms. The van der Waals surface area contributed by atoms with Crippen LogP contribution in [-0.2, 0) is 11.3 Å². The van der Waals surface area contributed by atoms with Gasteiger partial charge in [0.05, 0.1) is 17.8 Å². The van der Waals surface area contributed by atoms with E-state index in [0.717, 1.165) is 11.0 Å².